The molecule has 2 aliphatic rings. The van der Waals surface area contributed by atoms with Crippen LogP contribution in [0.5, 0.6) is 0 Å². The van der Waals surface area contributed by atoms with Crippen molar-refractivity contribution in [1.82, 2.24) is 5.32 Å². The van der Waals surface area contributed by atoms with Crippen LogP contribution in [0.15, 0.2) is 129 Å². The molecule has 0 bridgehead atoms. The zero-order valence-electron chi connectivity index (χ0n) is 27.5. The maximum atomic E-state index is 6.89. The van der Waals surface area contributed by atoms with Gasteiger partial charge in [-0.25, -0.2) is 4.99 Å². The van der Waals surface area contributed by atoms with Crippen LogP contribution in [0.2, 0.25) is 0 Å². The van der Waals surface area contributed by atoms with Gasteiger partial charge >= 0.3 is 0 Å². The van der Waals surface area contributed by atoms with Gasteiger partial charge in [0.05, 0.1) is 0 Å². The van der Waals surface area contributed by atoms with Crippen LogP contribution in [-0.2, 0) is 12.8 Å². The summed E-state index contributed by atoms with van der Waals surface area (Å²) in [6.45, 7) is 0.829. The van der Waals surface area contributed by atoms with E-state index in [1.54, 1.807) is 10.4 Å². The molecule has 0 saturated carbocycles. The van der Waals surface area contributed by atoms with Gasteiger partial charge in [0.2, 0.25) is 0 Å². The van der Waals surface area contributed by atoms with Gasteiger partial charge in [-0.1, -0.05) is 91.0 Å². The largest absolute Gasteiger partial charge is 0.456 e. The highest BCUT2D eigenvalue weighted by atomic mass is 32.1. The van der Waals surface area contributed by atoms with Crippen molar-refractivity contribution < 1.29 is 8.83 Å². The predicted molar refractivity (Wildman–Crippen MR) is 207 cm³/mol. The summed E-state index contributed by atoms with van der Waals surface area (Å²) in [7, 11) is 0. The Morgan fingerprint density at radius 2 is 1.60 bits per heavy atom. The van der Waals surface area contributed by atoms with Crippen LogP contribution >= 0.6 is 11.3 Å². The molecule has 3 N–H and O–H groups in total. The van der Waals surface area contributed by atoms with E-state index in [1.807, 2.05) is 53.8 Å². The normalized spacial score (nSPS) is 16.5. The third kappa shape index (κ3) is 4.82. The van der Waals surface area contributed by atoms with Crippen molar-refractivity contribution in [3.63, 3.8) is 0 Å². The Hall–Kier alpha value is -5.43. The summed E-state index contributed by atoms with van der Waals surface area (Å²) in [5.41, 5.74) is 17.4. The molecule has 6 heteroatoms. The minimum Gasteiger partial charge on any atom is -0.456 e. The van der Waals surface area contributed by atoms with Gasteiger partial charge in [-0.3, -0.25) is 5.32 Å². The van der Waals surface area contributed by atoms with E-state index in [-0.39, 0.29) is 6.17 Å². The van der Waals surface area contributed by atoms with E-state index < -0.39 is 0 Å². The Kier molecular flexibility index (Phi) is 7.00. The van der Waals surface area contributed by atoms with Gasteiger partial charge < -0.3 is 14.6 Å². The zero-order chi connectivity index (χ0) is 33.2. The van der Waals surface area contributed by atoms with Crippen molar-refractivity contribution in [2.75, 3.05) is 6.54 Å². The van der Waals surface area contributed by atoms with E-state index in [2.05, 4.69) is 84.2 Å². The Bertz CT molecular complexity index is 2640. The molecule has 5 nitrogen and oxygen atoms in total. The highest BCUT2D eigenvalue weighted by Crippen LogP contribution is 2.44. The van der Waals surface area contributed by atoms with Gasteiger partial charge in [-0.05, 0) is 78.3 Å². The van der Waals surface area contributed by atoms with E-state index in [9.17, 15) is 0 Å². The number of aliphatic imine (C=N–C) groups is 1. The molecule has 2 unspecified atom stereocenters. The van der Waals surface area contributed by atoms with Crippen LogP contribution < -0.4 is 11.1 Å². The summed E-state index contributed by atoms with van der Waals surface area (Å²) in [5.74, 6) is 0.912. The van der Waals surface area contributed by atoms with Crippen molar-refractivity contribution in [2.45, 2.75) is 37.8 Å². The fraction of sp³-hybridized carbons (Fsp3) is 0.159. The highest BCUT2D eigenvalue weighted by molar-refractivity contribution is 7.12. The Morgan fingerprint density at radius 1 is 0.800 bits per heavy atom. The maximum absolute atomic E-state index is 6.89. The first-order chi connectivity index (χ1) is 24.7. The lowest BCUT2D eigenvalue weighted by molar-refractivity contribution is 0.510. The summed E-state index contributed by atoms with van der Waals surface area (Å²) in [4.78, 5) is 8.27. The molecule has 0 amide bonds. The number of hydrogen-bond donors (Lipinski definition) is 2. The van der Waals surface area contributed by atoms with Crippen molar-refractivity contribution >= 4 is 67.1 Å². The predicted octanol–water partition coefficient (Wildman–Crippen LogP) is 10.9. The quantitative estimate of drug-likeness (QED) is 0.131. The average Bonchev–Trinajstić information content (AvgIpc) is 3.94. The molecule has 5 aromatic carbocycles. The SMILES string of the molecule is NC(=NC(NCC1CC=Cc2c1sc1c2CCC1)c1ccccc1)c1ccc2oc3cccc(-c4cccc5c4oc4ccccc45)c3c2c1. The van der Waals surface area contributed by atoms with Crippen LogP contribution in [0, 0.1) is 0 Å². The summed E-state index contributed by atoms with van der Waals surface area (Å²) >= 11 is 2.03. The number of allylic oxidation sites excluding steroid dienone is 1. The number of nitrogens with one attached hydrogen (secondary N) is 1. The minimum absolute atomic E-state index is 0.282. The zero-order valence-corrected chi connectivity index (χ0v) is 28.3. The minimum atomic E-state index is -0.282. The van der Waals surface area contributed by atoms with Gasteiger partial charge in [0.1, 0.15) is 34.3 Å². The number of para-hydroxylation sites is 2. The monoisotopic (exact) mass is 669 g/mol. The number of fused-ring (bicyclic) bond motifs is 9. The number of furan rings is 2. The number of hydrogen-bond acceptors (Lipinski definition) is 5. The molecule has 10 rings (SSSR count). The molecule has 0 fully saturated rings. The molecule has 3 heterocycles. The van der Waals surface area contributed by atoms with E-state index in [4.69, 9.17) is 19.6 Å². The summed E-state index contributed by atoms with van der Waals surface area (Å²) in [5, 5.41) is 8.05. The average molecular weight is 670 g/mol. The molecular formula is C44H35N3O2S. The van der Waals surface area contributed by atoms with Crippen LogP contribution in [0.3, 0.4) is 0 Å². The third-order valence-corrected chi connectivity index (χ3v) is 12.0. The number of benzene rings is 5. The summed E-state index contributed by atoms with van der Waals surface area (Å²) < 4.78 is 12.8. The Morgan fingerprint density at radius 3 is 2.54 bits per heavy atom. The lowest BCUT2D eigenvalue weighted by Crippen LogP contribution is -2.28. The molecule has 2 atom stereocenters. The van der Waals surface area contributed by atoms with Crippen LogP contribution in [-0.4, -0.2) is 12.4 Å². The molecule has 8 aromatic rings. The van der Waals surface area contributed by atoms with E-state index in [0.717, 1.165) is 79.1 Å². The van der Waals surface area contributed by atoms with E-state index >= 15 is 0 Å². The second kappa shape index (κ2) is 11.9. The highest BCUT2D eigenvalue weighted by Gasteiger charge is 2.28. The number of thiophene rings is 1. The first kappa shape index (κ1) is 29.5. The lowest BCUT2D eigenvalue weighted by Gasteiger charge is -2.23. The van der Waals surface area contributed by atoms with Gasteiger partial charge in [-0.2, -0.15) is 0 Å². The number of amidine groups is 1. The smallest absolute Gasteiger partial charge is 0.143 e. The number of nitrogens with two attached hydrogens (primary N) is 1. The van der Waals surface area contributed by atoms with Gasteiger partial charge in [0, 0.05) is 54.9 Å². The van der Waals surface area contributed by atoms with E-state index in [0.29, 0.717) is 11.8 Å². The molecule has 0 aliphatic heterocycles. The molecule has 0 saturated heterocycles. The topological polar surface area (TPSA) is 76.7 Å². The van der Waals surface area contributed by atoms with E-state index in [1.165, 1.54) is 29.7 Å². The first-order valence-electron chi connectivity index (χ1n) is 17.5. The third-order valence-electron chi connectivity index (χ3n) is 10.5. The molecular weight excluding hydrogens is 635 g/mol. The number of aryl methyl sites for hydroxylation is 1. The lowest BCUT2D eigenvalue weighted by atomic mass is 9.92. The van der Waals surface area contributed by atoms with Crippen LogP contribution in [0.4, 0.5) is 0 Å². The Labute approximate surface area is 293 Å². The van der Waals surface area contributed by atoms with Crippen molar-refractivity contribution in [1.29, 1.82) is 0 Å². The van der Waals surface area contributed by atoms with Gasteiger partial charge in [0.15, 0.2) is 0 Å². The molecule has 2 aliphatic carbocycles. The van der Waals surface area contributed by atoms with Crippen LogP contribution in [0.25, 0.3) is 61.1 Å². The van der Waals surface area contributed by atoms with Crippen LogP contribution in [0.1, 0.15) is 56.9 Å². The Balaban J connectivity index is 1.03. The van der Waals surface area contributed by atoms with Crippen molar-refractivity contribution in [3.05, 3.63) is 147 Å². The molecule has 0 spiro atoms. The number of rotatable bonds is 7. The summed E-state index contributed by atoms with van der Waals surface area (Å²) in [6.07, 6.45) is 9.19. The molecule has 0 radical (unpaired) electrons. The first-order valence-corrected chi connectivity index (χ1v) is 18.3. The van der Waals surface area contributed by atoms with Gasteiger partial charge in [-0.15, -0.1) is 11.3 Å². The van der Waals surface area contributed by atoms with Crippen molar-refractivity contribution in [2.24, 2.45) is 10.7 Å². The fourth-order valence-corrected chi connectivity index (χ4v) is 9.57. The maximum Gasteiger partial charge on any atom is 0.143 e. The number of nitrogens with zero attached hydrogens (tertiary/aromatic N) is 1. The fourth-order valence-electron chi connectivity index (χ4n) is 8.08. The molecule has 3 aromatic heterocycles. The van der Waals surface area contributed by atoms with Gasteiger partial charge in [0.25, 0.3) is 0 Å². The summed E-state index contributed by atoms with van der Waals surface area (Å²) in [6, 6.07) is 37.3. The van der Waals surface area contributed by atoms with Crippen molar-refractivity contribution in [3.8, 4) is 11.1 Å². The standard InChI is InChI=1S/C44H35N3O2S/c45-43(47-44(26-10-2-1-3-11-26)46-25-28-12-6-18-34-30-14-9-21-39(30)50-42(28)34)27-22-23-37-35(24-27)40-31(15-8-20-38(40)48-37)33-17-7-16-32-29-13-4-5-19-36(29)49-41(32)33/h1-8,10-11,13,15-20,22-24,28,44,46H,9,12,14,21,25H2,(H2,45,47). The molecule has 50 heavy (non-hydrogen) atoms. The second-order valence-electron chi connectivity index (χ2n) is 13.5. The molecule has 244 valence electrons. The second-order valence-corrected chi connectivity index (χ2v) is 14.6.